The van der Waals surface area contributed by atoms with Gasteiger partial charge in [0.25, 0.3) is 5.69 Å². The highest BCUT2D eigenvalue weighted by Gasteiger charge is 2.28. The molecule has 0 spiro atoms. The van der Waals surface area contributed by atoms with E-state index in [1.807, 2.05) is 0 Å². The number of benzene rings is 1. The summed E-state index contributed by atoms with van der Waals surface area (Å²) in [4.78, 5) is 27.2. The maximum Gasteiger partial charge on any atom is 0.269 e. The molecule has 3 rings (SSSR count). The number of non-ortho nitro benzene ring substituents is 1. The molecule has 0 aliphatic heterocycles. The molecule has 1 aliphatic rings. The third-order valence-electron chi connectivity index (χ3n) is 3.94. The number of amides is 1. The predicted molar refractivity (Wildman–Crippen MR) is 96.4 cm³/mol. The number of nitrogens with one attached hydrogen (secondary N) is 1. The fourth-order valence-corrected chi connectivity index (χ4v) is 4.75. The van der Waals surface area contributed by atoms with Crippen molar-refractivity contribution in [3.05, 3.63) is 51.5 Å². The number of rotatable bonds is 6. The highest BCUT2D eigenvalue weighted by atomic mass is 32.2. The summed E-state index contributed by atoms with van der Waals surface area (Å²) in [5.74, 6) is -0.129. The first-order valence-corrected chi connectivity index (χ1v) is 9.56. The average Bonchev–Trinajstić information content (AvgIpc) is 3.26. The number of thiazole rings is 1. The molecule has 1 fully saturated rings. The molecular weight excluding hydrogens is 346 g/mol. The van der Waals surface area contributed by atoms with Crippen LogP contribution in [0.2, 0.25) is 0 Å². The average molecular weight is 363 g/mol. The van der Waals surface area contributed by atoms with Crippen LogP contribution in [0.15, 0.2) is 35.8 Å². The number of hydrogen-bond donors (Lipinski definition) is 1. The summed E-state index contributed by atoms with van der Waals surface area (Å²) >= 11 is 3.02. The Bertz CT molecular complexity index is 698. The van der Waals surface area contributed by atoms with Crippen molar-refractivity contribution in [1.29, 1.82) is 0 Å². The molecule has 24 heavy (non-hydrogen) atoms. The zero-order chi connectivity index (χ0) is 16.9. The van der Waals surface area contributed by atoms with Gasteiger partial charge in [-0.3, -0.25) is 14.9 Å². The molecule has 1 N–H and O–H groups in total. The zero-order valence-corrected chi connectivity index (χ0v) is 14.5. The highest BCUT2D eigenvalue weighted by molar-refractivity contribution is 8.00. The van der Waals surface area contributed by atoms with Gasteiger partial charge >= 0.3 is 0 Å². The largest absolute Gasteiger partial charge is 0.301 e. The Morgan fingerprint density at radius 1 is 1.33 bits per heavy atom. The Morgan fingerprint density at radius 2 is 2.04 bits per heavy atom. The summed E-state index contributed by atoms with van der Waals surface area (Å²) in [7, 11) is 0. The van der Waals surface area contributed by atoms with Crippen LogP contribution in [0.4, 0.5) is 10.8 Å². The smallest absolute Gasteiger partial charge is 0.269 e. The number of aromatic nitrogens is 1. The first kappa shape index (κ1) is 16.9. The van der Waals surface area contributed by atoms with Crippen molar-refractivity contribution < 1.29 is 9.72 Å². The van der Waals surface area contributed by atoms with Crippen LogP contribution in [-0.4, -0.2) is 21.1 Å². The lowest BCUT2D eigenvalue weighted by Gasteiger charge is -2.19. The number of hydrogen-bond acceptors (Lipinski definition) is 6. The van der Waals surface area contributed by atoms with Gasteiger partial charge in [-0.25, -0.2) is 4.98 Å². The van der Waals surface area contributed by atoms with Crippen LogP contribution in [0.5, 0.6) is 0 Å². The molecule has 1 saturated carbocycles. The lowest BCUT2D eigenvalue weighted by molar-refractivity contribution is -0.384. The molecule has 1 aliphatic carbocycles. The topological polar surface area (TPSA) is 85.1 Å². The minimum atomic E-state index is -0.432. The Balaban J connectivity index is 1.80. The van der Waals surface area contributed by atoms with E-state index in [4.69, 9.17) is 0 Å². The van der Waals surface area contributed by atoms with Crippen molar-refractivity contribution in [2.75, 3.05) is 5.32 Å². The first-order valence-electron chi connectivity index (χ1n) is 7.73. The fourth-order valence-electron chi connectivity index (χ4n) is 2.74. The van der Waals surface area contributed by atoms with Gasteiger partial charge in [-0.15, -0.1) is 23.1 Å². The van der Waals surface area contributed by atoms with Gasteiger partial charge in [0.1, 0.15) is 5.25 Å². The lowest BCUT2D eigenvalue weighted by atomic mass is 10.1. The van der Waals surface area contributed by atoms with E-state index in [2.05, 4.69) is 10.3 Å². The molecule has 1 atom stereocenters. The summed E-state index contributed by atoms with van der Waals surface area (Å²) in [5, 5.41) is 16.1. The molecule has 0 radical (unpaired) electrons. The summed E-state index contributed by atoms with van der Waals surface area (Å²) in [5.41, 5.74) is 0.815. The van der Waals surface area contributed by atoms with Crippen LogP contribution in [0.3, 0.4) is 0 Å². The summed E-state index contributed by atoms with van der Waals surface area (Å²) in [6.07, 6.45) is 6.25. The second-order valence-corrected chi connectivity index (χ2v) is 7.90. The number of carbonyl (C=O) groups is 1. The van der Waals surface area contributed by atoms with Crippen molar-refractivity contribution >= 4 is 39.8 Å². The van der Waals surface area contributed by atoms with Gasteiger partial charge in [0, 0.05) is 29.0 Å². The van der Waals surface area contributed by atoms with E-state index in [9.17, 15) is 14.9 Å². The number of nitrogens with zero attached hydrogens (tertiary/aromatic N) is 2. The molecule has 1 amide bonds. The van der Waals surface area contributed by atoms with Crippen LogP contribution >= 0.6 is 23.1 Å². The monoisotopic (exact) mass is 363 g/mol. The minimum absolute atomic E-state index is 0.0312. The van der Waals surface area contributed by atoms with E-state index >= 15 is 0 Å². The summed E-state index contributed by atoms with van der Waals surface area (Å²) < 4.78 is 0. The molecule has 8 heteroatoms. The maximum atomic E-state index is 12.7. The van der Waals surface area contributed by atoms with E-state index in [0.717, 1.165) is 18.4 Å². The van der Waals surface area contributed by atoms with Gasteiger partial charge in [-0.05, 0) is 18.4 Å². The quantitative estimate of drug-likeness (QED) is 0.607. The Hall–Kier alpha value is -1.93. The molecule has 0 bridgehead atoms. The third-order valence-corrected chi connectivity index (χ3v) is 6.24. The molecule has 1 aromatic heterocycles. The van der Waals surface area contributed by atoms with Crippen molar-refractivity contribution in [2.24, 2.45) is 0 Å². The van der Waals surface area contributed by atoms with Crippen LogP contribution in [-0.2, 0) is 4.79 Å². The van der Waals surface area contributed by atoms with Gasteiger partial charge in [0.15, 0.2) is 5.13 Å². The van der Waals surface area contributed by atoms with Gasteiger partial charge in [-0.2, -0.15) is 0 Å². The van der Waals surface area contributed by atoms with Crippen LogP contribution in [0.1, 0.15) is 36.5 Å². The molecule has 126 valence electrons. The molecule has 2 aromatic rings. The van der Waals surface area contributed by atoms with E-state index in [-0.39, 0.29) is 11.6 Å². The Kier molecular flexibility index (Phi) is 5.47. The van der Waals surface area contributed by atoms with E-state index in [1.54, 1.807) is 35.5 Å². The Morgan fingerprint density at radius 3 is 2.62 bits per heavy atom. The minimum Gasteiger partial charge on any atom is -0.301 e. The van der Waals surface area contributed by atoms with Gasteiger partial charge in [0.05, 0.1) is 4.92 Å². The van der Waals surface area contributed by atoms with E-state index < -0.39 is 10.2 Å². The standard InChI is InChI=1S/C16H17N3O3S2/c20-15(18-16-17-9-10-23-16)14(24-13-3-1-2-4-13)11-5-7-12(8-6-11)19(21)22/h5-10,13-14H,1-4H2,(H,17,18,20). The normalized spacial score (nSPS) is 16.0. The third kappa shape index (κ3) is 4.12. The zero-order valence-electron chi connectivity index (χ0n) is 12.9. The lowest BCUT2D eigenvalue weighted by Crippen LogP contribution is -2.20. The SMILES string of the molecule is O=C(Nc1nccs1)C(SC1CCCC1)c1ccc([N+](=O)[O-])cc1. The molecule has 1 heterocycles. The van der Waals surface area contributed by atoms with E-state index in [1.165, 1.54) is 36.3 Å². The molecule has 1 unspecified atom stereocenters. The molecule has 6 nitrogen and oxygen atoms in total. The van der Waals surface area contributed by atoms with Crippen molar-refractivity contribution in [3.8, 4) is 0 Å². The maximum absolute atomic E-state index is 12.7. The number of carbonyl (C=O) groups excluding carboxylic acids is 1. The molecule has 0 saturated heterocycles. The highest BCUT2D eigenvalue weighted by Crippen LogP contribution is 2.40. The Labute approximate surface area is 147 Å². The summed E-state index contributed by atoms with van der Waals surface area (Å²) in [6, 6.07) is 6.25. The van der Waals surface area contributed by atoms with Crippen LogP contribution < -0.4 is 5.32 Å². The van der Waals surface area contributed by atoms with Gasteiger partial charge in [0.2, 0.25) is 5.91 Å². The summed E-state index contributed by atoms with van der Waals surface area (Å²) in [6.45, 7) is 0. The van der Waals surface area contributed by atoms with Crippen LogP contribution in [0, 0.1) is 10.1 Å². The second kappa shape index (κ2) is 7.76. The van der Waals surface area contributed by atoms with Gasteiger partial charge < -0.3 is 5.32 Å². The first-order chi connectivity index (χ1) is 11.6. The van der Waals surface area contributed by atoms with Crippen molar-refractivity contribution in [2.45, 2.75) is 36.2 Å². The van der Waals surface area contributed by atoms with E-state index in [0.29, 0.717) is 10.4 Å². The van der Waals surface area contributed by atoms with Gasteiger partial charge in [-0.1, -0.05) is 25.0 Å². The second-order valence-electron chi connectivity index (χ2n) is 5.60. The van der Waals surface area contributed by atoms with Crippen LogP contribution in [0.25, 0.3) is 0 Å². The number of thioether (sulfide) groups is 1. The predicted octanol–water partition coefficient (Wildman–Crippen LogP) is 4.41. The van der Waals surface area contributed by atoms with Crippen molar-refractivity contribution in [1.82, 2.24) is 4.98 Å². The molecular formula is C16H17N3O3S2. The fraction of sp³-hybridized carbons (Fsp3) is 0.375. The number of nitro groups is 1. The van der Waals surface area contributed by atoms with Crippen molar-refractivity contribution in [3.63, 3.8) is 0 Å². The molecule has 1 aromatic carbocycles. The number of nitro benzene ring substituents is 1. The number of anilines is 1.